The van der Waals surface area contributed by atoms with E-state index in [0.29, 0.717) is 0 Å². The van der Waals surface area contributed by atoms with Crippen molar-refractivity contribution in [3.05, 3.63) is 0 Å². The van der Waals surface area contributed by atoms with Crippen LogP contribution in [0.3, 0.4) is 0 Å². The molecule has 1 unspecified atom stereocenters. The highest BCUT2D eigenvalue weighted by Crippen LogP contribution is 2.22. The van der Waals surface area contributed by atoms with Crippen molar-refractivity contribution in [2.45, 2.75) is 25.7 Å². The van der Waals surface area contributed by atoms with Crippen molar-refractivity contribution in [2.75, 3.05) is 31.1 Å². The first-order valence-electron chi connectivity index (χ1n) is 6.42. The van der Waals surface area contributed by atoms with Gasteiger partial charge in [0.15, 0.2) is 0 Å². The quantitative estimate of drug-likeness (QED) is 0.782. The van der Waals surface area contributed by atoms with E-state index in [1.165, 1.54) is 24.3 Å². The van der Waals surface area contributed by atoms with Crippen molar-refractivity contribution in [3.63, 3.8) is 0 Å². The molecule has 4 heteroatoms. The van der Waals surface area contributed by atoms with Gasteiger partial charge in [-0.05, 0) is 49.7 Å². The molecule has 0 saturated carbocycles. The average Bonchev–Trinajstić information content (AvgIpc) is 2.38. The van der Waals surface area contributed by atoms with E-state index in [2.05, 4.69) is 10.6 Å². The van der Waals surface area contributed by atoms with Gasteiger partial charge in [-0.15, -0.1) is 0 Å². The van der Waals surface area contributed by atoms with Crippen LogP contribution < -0.4 is 10.6 Å². The van der Waals surface area contributed by atoms with Gasteiger partial charge >= 0.3 is 0 Å². The monoisotopic (exact) mass is 242 g/mol. The Kier molecular flexibility index (Phi) is 4.97. The molecule has 2 rings (SSSR count). The maximum absolute atomic E-state index is 11.9. The smallest absolute Gasteiger partial charge is 0.224 e. The lowest BCUT2D eigenvalue weighted by molar-refractivity contribution is -0.125. The van der Waals surface area contributed by atoms with Gasteiger partial charge in [0.1, 0.15) is 0 Å². The molecule has 2 saturated heterocycles. The summed E-state index contributed by atoms with van der Waals surface area (Å²) in [4.78, 5) is 11.9. The van der Waals surface area contributed by atoms with Gasteiger partial charge in [0.05, 0.1) is 5.92 Å². The van der Waals surface area contributed by atoms with E-state index in [9.17, 15) is 4.79 Å². The van der Waals surface area contributed by atoms with E-state index < -0.39 is 0 Å². The van der Waals surface area contributed by atoms with Gasteiger partial charge in [-0.2, -0.15) is 11.8 Å². The summed E-state index contributed by atoms with van der Waals surface area (Å²) in [5.74, 6) is 3.75. The van der Waals surface area contributed by atoms with Gasteiger partial charge < -0.3 is 10.6 Å². The molecule has 0 aromatic rings. The number of thioether (sulfide) groups is 1. The number of amides is 1. The Morgan fingerprint density at radius 3 is 2.81 bits per heavy atom. The second-order valence-electron chi connectivity index (χ2n) is 4.84. The molecule has 2 N–H and O–H groups in total. The summed E-state index contributed by atoms with van der Waals surface area (Å²) in [6.07, 6.45) is 4.74. The molecule has 3 nitrogen and oxygen atoms in total. The summed E-state index contributed by atoms with van der Waals surface area (Å²) < 4.78 is 0. The van der Waals surface area contributed by atoms with Crippen LogP contribution >= 0.6 is 11.8 Å². The number of carbonyl (C=O) groups excluding carboxylic acids is 1. The van der Waals surface area contributed by atoms with Gasteiger partial charge in [-0.1, -0.05) is 0 Å². The topological polar surface area (TPSA) is 41.1 Å². The predicted molar refractivity (Wildman–Crippen MR) is 68.7 cm³/mol. The lowest BCUT2D eigenvalue weighted by atomic mass is 9.98. The van der Waals surface area contributed by atoms with Crippen LogP contribution in [0.1, 0.15) is 25.7 Å². The zero-order chi connectivity index (χ0) is 11.2. The molecule has 16 heavy (non-hydrogen) atoms. The number of hydrogen-bond acceptors (Lipinski definition) is 3. The molecule has 0 aromatic heterocycles. The van der Waals surface area contributed by atoms with Gasteiger partial charge in [0, 0.05) is 13.1 Å². The first-order chi connectivity index (χ1) is 7.86. The molecule has 0 aromatic carbocycles. The normalized spacial score (nSPS) is 27.6. The number of rotatable bonds is 3. The van der Waals surface area contributed by atoms with Gasteiger partial charge in [-0.3, -0.25) is 4.79 Å². The first kappa shape index (κ1) is 12.2. The highest BCUT2D eigenvalue weighted by atomic mass is 32.2. The maximum Gasteiger partial charge on any atom is 0.224 e. The fraction of sp³-hybridized carbons (Fsp3) is 0.917. The molecule has 0 aliphatic carbocycles. The van der Waals surface area contributed by atoms with E-state index in [0.717, 1.165) is 38.4 Å². The van der Waals surface area contributed by atoms with E-state index in [-0.39, 0.29) is 11.8 Å². The Balaban J connectivity index is 1.65. The molecule has 2 aliphatic heterocycles. The Hall–Kier alpha value is -0.220. The summed E-state index contributed by atoms with van der Waals surface area (Å²) in [5, 5.41) is 6.42. The molecule has 0 spiro atoms. The third-order valence-electron chi connectivity index (χ3n) is 3.57. The molecule has 0 bridgehead atoms. The average molecular weight is 242 g/mol. The summed E-state index contributed by atoms with van der Waals surface area (Å²) in [7, 11) is 0. The van der Waals surface area contributed by atoms with E-state index in [4.69, 9.17) is 0 Å². The third-order valence-corrected chi connectivity index (χ3v) is 4.62. The standard InChI is InChI=1S/C12H22N2OS/c15-12(11-2-1-5-13-9-11)14-8-10-3-6-16-7-4-10/h10-11,13H,1-9H2,(H,14,15). The SMILES string of the molecule is O=C(NCC1CCSCC1)C1CCCNC1. The van der Waals surface area contributed by atoms with Gasteiger partial charge in [0.2, 0.25) is 5.91 Å². The Bertz CT molecular complexity index is 223. The lowest BCUT2D eigenvalue weighted by Gasteiger charge is -2.25. The number of hydrogen-bond donors (Lipinski definition) is 2. The van der Waals surface area contributed by atoms with Crippen LogP contribution in [-0.2, 0) is 4.79 Å². The zero-order valence-corrected chi connectivity index (χ0v) is 10.7. The molecule has 1 atom stereocenters. The molecule has 2 aliphatic rings. The Morgan fingerprint density at radius 2 is 2.12 bits per heavy atom. The largest absolute Gasteiger partial charge is 0.356 e. The van der Waals surface area contributed by atoms with Crippen LogP contribution in [0.15, 0.2) is 0 Å². The third kappa shape index (κ3) is 3.67. The van der Waals surface area contributed by atoms with Crippen LogP contribution in [0.4, 0.5) is 0 Å². The second kappa shape index (κ2) is 6.50. The fourth-order valence-corrected chi connectivity index (χ4v) is 3.62. The lowest BCUT2D eigenvalue weighted by Crippen LogP contribution is -2.42. The molecule has 2 heterocycles. The fourth-order valence-electron chi connectivity index (χ4n) is 2.42. The summed E-state index contributed by atoms with van der Waals surface area (Å²) in [6, 6.07) is 0. The minimum absolute atomic E-state index is 0.215. The molecule has 0 radical (unpaired) electrons. The second-order valence-corrected chi connectivity index (χ2v) is 6.07. The van der Waals surface area contributed by atoms with E-state index in [1.54, 1.807) is 0 Å². The van der Waals surface area contributed by atoms with Crippen molar-refractivity contribution >= 4 is 17.7 Å². The zero-order valence-electron chi connectivity index (χ0n) is 9.84. The van der Waals surface area contributed by atoms with E-state index >= 15 is 0 Å². The Morgan fingerprint density at radius 1 is 1.31 bits per heavy atom. The molecular weight excluding hydrogens is 220 g/mol. The summed E-state index contributed by atoms with van der Waals surface area (Å²) in [5.41, 5.74) is 0. The van der Waals surface area contributed by atoms with Crippen LogP contribution in [0.25, 0.3) is 0 Å². The Labute approximate surface area is 102 Å². The summed E-state index contributed by atoms with van der Waals surface area (Å²) in [6.45, 7) is 2.84. The number of piperidine rings is 1. The van der Waals surface area contributed by atoms with Gasteiger partial charge in [-0.25, -0.2) is 0 Å². The summed E-state index contributed by atoms with van der Waals surface area (Å²) >= 11 is 2.04. The first-order valence-corrected chi connectivity index (χ1v) is 7.58. The highest BCUT2D eigenvalue weighted by Gasteiger charge is 2.22. The number of nitrogens with one attached hydrogen (secondary N) is 2. The minimum atomic E-state index is 0.215. The molecule has 2 fully saturated rings. The molecular formula is C12H22N2OS. The van der Waals surface area contributed by atoms with Crippen LogP contribution in [0.2, 0.25) is 0 Å². The molecule has 92 valence electrons. The van der Waals surface area contributed by atoms with E-state index in [1.807, 2.05) is 11.8 Å². The predicted octanol–water partition coefficient (Wildman–Crippen LogP) is 1.25. The number of carbonyl (C=O) groups is 1. The highest BCUT2D eigenvalue weighted by molar-refractivity contribution is 7.99. The van der Waals surface area contributed by atoms with Crippen molar-refractivity contribution in [2.24, 2.45) is 11.8 Å². The maximum atomic E-state index is 11.9. The van der Waals surface area contributed by atoms with Crippen molar-refractivity contribution < 1.29 is 4.79 Å². The van der Waals surface area contributed by atoms with Crippen molar-refractivity contribution in [3.8, 4) is 0 Å². The van der Waals surface area contributed by atoms with Gasteiger partial charge in [0.25, 0.3) is 0 Å². The molecule has 1 amide bonds. The van der Waals surface area contributed by atoms with Crippen molar-refractivity contribution in [1.29, 1.82) is 0 Å². The van der Waals surface area contributed by atoms with Crippen LogP contribution in [0.5, 0.6) is 0 Å². The van der Waals surface area contributed by atoms with Crippen LogP contribution in [-0.4, -0.2) is 37.0 Å². The minimum Gasteiger partial charge on any atom is -0.356 e. The van der Waals surface area contributed by atoms with Crippen molar-refractivity contribution in [1.82, 2.24) is 10.6 Å². The van der Waals surface area contributed by atoms with Crippen LogP contribution in [0, 0.1) is 11.8 Å².